The second-order valence-electron chi connectivity index (χ2n) is 9.21. The second-order valence-corrected chi connectivity index (χ2v) is 9.21. The van der Waals surface area contributed by atoms with Crippen LogP contribution in [0.15, 0.2) is 48.5 Å². The fourth-order valence-electron chi connectivity index (χ4n) is 4.43. The molecule has 3 rings (SSSR count). The normalized spacial score (nSPS) is 19.6. The van der Waals surface area contributed by atoms with E-state index in [1.165, 1.54) is 41.3 Å². The van der Waals surface area contributed by atoms with Crippen LogP contribution in [-0.4, -0.2) is 43.0 Å². The van der Waals surface area contributed by atoms with Crippen LogP contribution in [0.4, 0.5) is 45.2 Å². The van der Waals surface area contributed by atoms with E-state index >= 15 is 0 Å². The first-order chi connectivity index (χ1) is 17.6. The van der Waals surface area contributed by atoms with E-state index in [4.69, 9.17) is 4.74 Å². The molecule has 0 aromatic heterocycles. The zero-order valence-corrected chi connectivity index (χ0v) is 19.9. The summed E-state index contributed by atoms with van der Waals surface area (Å²) in [5.41, 5.74) is 0.510. The summed E-state index contributed by atoms with van der Waals surface area (Å²) in [5, 5.41) is 9.69. The topological polar surface area (TPSA) is 41.9 Å². The molecule has 0 bridgehead atoms. The minimum Gasteiger partial charge on any atom is -0.489 e. The number of ether oxygens (including phenoxy) is 2. The van der Waals surface area contributed by atoms with Crippen LogP contribution in [0.3, 0.4) is 0 Å². The quantitative estimate of drug-likeness (QED) is 0.329. The molecule has 1 N–H and O–H groups in total. The van der Waals surface area contributed by atoms with Gasteiger partial charge in [-0.05, 0) is 55.0 Å². The van der Waals surface area contributed by atoms with Gasteiger partial charge in [0, 0.05) is 18.3 Å². The minimum atomic E-state index is -4.93. The fraction of sp³-hybridized carbons (Fsp3) is 0.520. The fourth-order valence-corrected chi connectivity index (χ4v) is 4.43. The Kier molecular flexibility index (Phi) is 9.32. The Hall–Kier alpha value is -2.83. The van der Waals surface area contributed by atoms with Crippen molar-refractivity contribution in [1.29, 1.82) is 0 Å². The van der Waals surface area contributed by atoms with Gasteiger partial charge in [0.25, 0.3) is 0 Å². The lowest BCUT2D eigenvalue weighted by atomic mass is 9.80. The molecule has 0 saturated heterocycles. The van der Waals surface area contributed by atoms with Gasteiger partial charge < -0.3 is 19.5 Å². The highest BCUT2D eigenvalue weighted by atomic mass is 19.4. The van der Waals surface area contributed by atoms with E-state index in [0.29, 0.717) is 12.0 Å². The minimum absolute atomic E-state index is 0.0380. The lowest BCUT2D eigenvalue weighted by molar-refractivity contribution is -0.274. The van der Waals surface area contributed by atoms with Gasteiger partial charge in [-0.2, -0.15) is 26.3 Å². The van der Waals surface area contributed by atoms with E-state index in [0.717, 1.165) is 12.1 Å². The van der Waals surface area contributed by atoms with Crippen molar-refractivity contribution < 1.29 is 54.1 Å². The molecule has 1 saturated carbocycles. The van der Waals surface area contributed by atoms with Crippen molar-refractivity contribution in [2.45, 2.75) is 57.1 Å². The third-order valence-corrected chi connectivity index (χ3v) is 6.22. The molecule has 1 fully saturated rings. The number of aliphatic hydroxyl groups excluding tert-OH is 1. The maximum Gasteiger partial charge on any atom is 0.573 e. The molecule has 212 valence electrons. The summed E-state index contributed by atoms with van der Waals surface area (Å²) in [6, 6.07) is 10.8. The number of hydrogen-bond donors (Lipinski definition) is 1. The number of aliphatic hydroxyl groups is 1. The van der Waals surface area contributed by atoms with Gasteiger partial charge in [0.05, 0.1) is 12.5 Å². The van der Waals surface area contributed by atoms with E-state index in [9.17, 15) is 44.6 Å². The Balaban J connectivity index is 1.75. The zero-order chi connectivity index (χ0) is 28.1. The maximum absolute atomic E-state index is 13.2. The lowest BCUT2D eigenvalue weighted by Gasteiger charge is -2.36. The summed E-state index contributed by atoms with van der Waals surface area (Å²) >= 11 is 0. The average molecular weight is 559 g/mol. The first kappa shape index (κ1) is 29.7. The molecule has 3 unspecified atom stereocenters. The average Bonchev–Trinajstić information content (AvgIpc) is 2.81. The molecule has 0 heterocycles. The first-order valence-electron chi connectivity index (χ1n) is 11.7. The first-order valence-corrected chi connectivity index (χ1v) is 11.7. The Labute approximate surface area is 212 Å². The predicted molar refractivity (Wildman–Crippen MR) is 120 cm³/mol. The van der Waals surface area contributed by atoms with Crippen LogP contribution in [0.25, 0.3) is 0 Å². The Morgan fingerprint density at radius 1 is 0.895 bits per heavy atom. The Bertz CT molecular complexity index is 1040. The van der Waals surface area contributed by atoms with Crippen LogP contribution >= 0.6 is 0 Å². The number of benzene rings is 2. The molecule has 0 radical (unpaired) electrons. The monoisotopic (exact) mass is 559 g/mol. The molecule has 0 spiro atoms. The summed E-state index contributed by atoms with van der Waals surface area (Å²) in [5.74, 6) is -2.38. The standard InChI is InChI=1S/C25H26F9NO3/c26-23(27,28)18-6-1-4-16(10-18)13-35(14-22(36)24(29,30)31)19-7-3-8-20(12-19)37-15-17-5-2-9-21(11-17)38-25(32,33)34/h2-3,5,7-9,11-12,16,18,22,36H,1,4,6,10,13-15H2. The summed E-state index contributed by atoms with van der Waals surface area (Å²) in [4.78, 5) is 1.19. The number of halogens is 9. The Morgan fingerprint density at radius 2 is 1.58 bits per heavy atom. The van der Waals surface area contributed by atoms with Gasteiger partial charge in [0.15, 0.2) is 6.10 Å². The van der Waals surface area contributed by atoms with E-state index in [2.05, 4.69) is 4.74 Å². The van der Waals surface area contributed by atoms with Crippen molar-refractivity contribution >= 4 is 5.69 Å². The molecular formula is C25H26F9NO3. The van der Waals surface area contributed by atoms with Crippen molar-refractivity contribution in [3.63, 3.8) is 0 Å². The highest BCUT2D eigenvalue weighted by Gasteiger charge is 2.43. The molecule has 0 amide bonds. The van der Waals surface area contributed by atoms with Gasteiger partial charge in [0.2, 0.25) is 0 Å². The summed E-state index contributed by atoms with van der Waals surface area (Å²) in [6.45, 7) is -1.23. The van der Waals surface area contributed by atoms with Crippen molar-refractivity contribution in [2.75, 3.05) is 18.0 Å². The van der Waals surface area contributed by atoms with Gasteiger partial charge in [-0.3, -0.25) is 0 Å². The van der Waals surface area contributed by atoms with Gasteiger partial charge in [0.1, 0.15) is 18.1 Å². The Morgan fingerprint density at radius 3 is 2.24 bits per heavy atom. The van der Waals surface area contributed by atoms with Crippen LogP contribution in [0.2, 0.25) is 0 Å². The summed E-state index contributed by atoms with van der Waals surface area (Å²) in [6.07, 6.45) is -16.5. The van der Waals surface area contributed by atoms with Crippen LogP contribution in [0.1, 0.15) is 31.2 Å². The number of nitrogens with zero attached hydrogens (tertiary/aromatic N) is 1. The summed E-state index contributed by atoms with van der Waals surface area (Å²) in [7, 11) is 0. The van der Waals surface area contributed by atoms with E-state index in [1.54, 1.807) is 0 Å². The third-order valence-electron chi connectivity index (χ3n) is 6.22. The SMILES string of the molecule is OC(CN(CC1CCCC(C(F)(F)F)C1)c1cccc(OCc2cccc(OC(F)(F)F)c2)c1)C(F)(F)F. The maximum atomic E-state index is 13.2. The van der Waals surface area contributed by atoms with Crippen molar-refractivity contribution in [1.82, 2.24) is 0 Å². The van der Waals surface area contributed by atoms with Crippen LogP contribution in [-0.2, 0) is 6.61 Å². The zero-order valence-electron chi connectivity index (χ0n) is 19.9. The second kappa shape index (κ2) is 11.9. The number of hydrogen-bond acceptors (Lipinski definition) is 4. The molecule has 2 aromatic carbocycles. The van der Waals surface area contributed by atoms with Crippen LogP contribution < -0.4 is 14.4 Å². The molecule has 4 nitrogen and oxygen atoms in total. The lowest BCUT2D eigenvalue weighted by Crippen LogP contribution is -2.44. The highest BCUT2D eigenvalue weighted by Crippen LogP contribution is 2.41. The van der Waals surface area contributed by atoms with E-state index < -0.39 is 48.9 Å². The van der Waals surface area contributed by atoms with Crippen LogP contribution in [0.5, 0.6) is 11.5 Å². The largest absolute Gasteiger partial charge is 0.573 e. The molecule has 0 aliphatic heterocycles. The molecule has 38 heavy (non-hydrogen) atoms. The molecule has 1 aliphatic carbocycles. The molecule has 13 heteroatoms. The predicted octanol–water partition coefficient (Wildman–Crippen LogP) is 7.26. The number of alkyl halides is 9. The third kappa shape index (κ3) is 9.17. The van der Waals surface area contributed by atoms with Gasteiger partial charge in [-0.25, -0.2) is 0 Å². The van der Waals surface area contributed by atoms with Crippen molar-refractivity contribution in [3.05, 3.63) is 54.1 Å². The van der Waals surface area contributed by atoms with Crippen molar-refractivity contribution in [2.24, 2.45) is 11.8 Å². The molecule has 2 aromatic rings. The number of anilines is 1. The van der Waals surface area contributed by atoms with Gasteiger partial charge >= 0.3 is 18.7 Å². The highest BCUT2D eigenvalue weighted by molar-refractivity contribution is 5.51. The van der Waals surface area contributed by atoms with E-state index in [1.807, 2.05) is 0 Å². The molecule has 3 atom stereocenters. The summed E-state index contributed by atoms with van der Waals surface area (Å²) < 4.78 is 126. The number of rotatable bonds is 9. The van der Waals surface area contributed by atoms with E-state index in [-0.39, 0.29) is 43.9 Å². The van der Waals surface area contributed by atoms with Gasteiger partial charge in [-0.15, -0.1) is 13.2 Å². The van der Waals surface area contributed by atoms with Crippen molar-refractivity contribution in [3.8, 4) is 11.5 Å². The smallest absolute Gasteiger partial charge is 0.489 e. The van der Waals surface area contributed by atoms with Crippen LogP contribution in [0, 0.1) is 11.8 Å². The molecular weight excluding hydrogens is 533 g/mol. The van der Waals surface area contributed by atoms with Gasteiger partial charge in [-0.1, -0.05) is 24.6 Å². The molecule has 1 aliphatic rings.